The number of aromatic nitrogens is 2. The third-order valence-electron chi connectivity index (χ3n) is 1.99. The number of aliphatic hydroxyl groups is 1. The number of carbonyl (C=O) groups is 1. The Balaban J connectivity index is 2.69. The van der Waals surface area contributed by atoms with Crippen molar-refractivity contribution in [2.75, 3.05) is 24.2 Å². The van der Waals surface area contributed by atoms with E-state index in [2.05, 4.69) is 20.6 Å². The van der Waals surface area contributed by atoms with Crippen LogP contribution in [0, 0.1) is 6.92 Å². The number of nitrogens with zero attached hydrogens (tertiary/aromatic N) is 2. The van der Waals surface area contributed by atoms with Crippen molar-refractivity contribution in [3.8, 4) is 0 Å². The van der Waals surface area contributed by atoms with Gasteiger partial charge in [0, 0.05) is 18.8 Å². The monoisotopic (exact) mass is 225 g/mol. The molecule has 16 heavy (non-hydrogen) atoms. The van der Waals surface area contributed by atoms with Gasteiger partial charge in [-0.3, -0.25) is 4.79 Å². The molecule has 88 valence electrons. The molecule has 7 nitrogen and oxygen atoms in total. The van der Waals surface area contributed by atoms with Crippen LogP contribution in [-0.2, 0) is 4.79 Å². The van der Waals surface area contributed by atoms with Crippen LogP contribution in [0.4, 0.5) is 11.8 Å². The van der Waals surface area contributed by atoms with E-state index in [0.717, 1.165) is 5.56 Å². The van der Waals surface area contributed by atoms with Crippen molar-refractivity contribution in [2.24, 2.45) is 5.73 Å². The molecule has 0 radical (unpaired) electrons. The summed E-state index contributed by atoms with van der Waals surface area (Å²) in [6, 6.07) is 0. The maximum Gasteiger partial charge on any atom is 0.248 e. The molecule has 1 unspecified atom stereocenters. The van der Waals surface area contributed by atoms with E-state index in [1.165, 1.54) is 0 Å². The van der Waals surface area contributed by atoms with Crippen molar-refractivity contribution in [3.05, 3.63) is 11.8 Å². The van der Waals surface area contributed by atoms with Crippen LogP contribution in [0.15, 0.2) is 6.20 Å². The second-order valence-corrected chi connectivity index (χ2v) is 3.27. The average molecular weight is 225 g/mol. The first-order chi connectivity index (χ1) is 7.54. The third-order valence-corrected chi connectivity index (χ3v) is 1.99. The minimum Gasteiger partial charge on any atom is -0.381 e. The first-order valence-electron chi connectivity index (χ1n) is 4.77. The number of primary amides is 1. The largest absolute Gasteiger partial charge is 0.381 e. The number of aliphatic hydroxyl groups excluding tert-OH is 1. The van der Waals surface area contributed by atoms with Gasteiger partial charge < -0.3 is 21.5 Å². The quantitative estimate of drug-likeness (QED) is 0.515. The van der Waals surface area contributed by atoms with E-state index >= 15 is 0 Å². The van der Waals surface area contributed by atoms with E-state index in [0.29, 0.717) is 11.8 Å². The molecular weight excluding hydrogens is 210 g/mol. The van der Waals surface area contributed by atoms with Crippen molar-refractivity contribution in [2.45, 2.75) is 13.0 Å². The molecular formula is C9H15N5O2. The van der Waals surface area contributed by atoms with Gasteiger partial charge in [0.05, 0.1) is 6.54 Å². The molecule has 1 aromatic rings. The van der Waals surface area contributed by atoms with E-state index in [-0.39, 0.29) is 6.54 Å². The molecule has 0 saturated heterocycles. The summed E-state index contributed by atoms with van der Waals surface area (Å²) in [4.78, 5) is 18.7. The molecule has 0 aromatic carbocycles. The molecule has 1 rings (SSSR count). The summed E-state index contributed by atoms with van der Waals surface area (Å²) in [5.41, 5.74) is 5.74. The molecule has 1 amide bonds. The molecule has 7 heteroatoms. The van der Waals surface area contributed by atoms with E-state index in [4.69, 9.17) is 5.73 Å². The van der Waals surface area contributed by atoms with Gasteiger partial charge in [-0.05, 0) is 6.92 Å². The summed E-state index contributed by atoms with van der Waals surface area (Å²) in [5, 5.41) is 14.8. The Hall–Kier alpha value is -1.89. The van der Waals surface area contributed by atoms with Crippen molar-refractivity contribution in [1.29, 1.82) is 0 Å². The Bertz CT molecular complexity index is 382. The van der Waals surface area contributed by atoms with Crippen LogP contribution in [0.25, 0.3) is 0 Å². The molecule has 0 aliphatic heterocycles. The maximum atomic E-state index is 10.6. The lowest BCUT2D eigenvalue weighted by atomic mass is 10.3. The van der Waals surface area contributed by atoms with Crippen molar-refractivity contribution in [1.82, 2.24) is 9.97 Å². The predicted molar refractivity (Wildman–Crippen MR) is 60.0 cm³/mol. The Labute approximate surface area is 93.1 Å². The summed E-state index contributed by atoms with van der Waals surface area (Å²) in [6.07, 6.45) is 0.407. The van der Waals surface area contributed by atoms with Crippen molar-refractivity contribution in [3.63, 3.8) is 0 Å². The highest BCUT2D eigenvalue weighted by Gasteiger charge is 2.11. The molecule has 0 bridgehead atoms. The Morgan fingerprint density at radius 3 is 2.94 bits per heavy atom. The van der Waals surface area contributed by atoms with Gasteiger partial charge in [0.25, 0.3) is 0 Å². The highest BCUT2D eigenvalue weighted by Crippen LogP contribution is 2.11. The van der Waals surface area contributed by atoms with Crippen LogP contribution >= 0.6 is 0 Å². The van der Waals surface area contributed by atoms with Crippen molar-refractivity contribution < 1.29 is 9.90 Å². The lowest BCUT2D eigenvalue weighted by molar-refractivity contribution is -0.125. The van der Waals surface area contributed by atoms with Crippen LogP contribution in [0.2, 0.25) is 0 Å². The first kappa shape index (κ1) is 12.2. The number of nitrogens with two attached hydrogens (primary N) is 1. The topological polar surface area (TPSA) is 113 Å². The highest BCUT2D eigenvalue weighted by atomic mass is 16.3. The van der Waals surface area contributed by atoms with Gasteiger partial charge in [-0.2, -0.15) is 4.98 Å². The third kappa shape index (κ3) is 3.06. The van der Waals surface area contributed by atoms with E-state index in [1.807, 2.05) is 6.92 Å². The van der Waals surface area contributed by atoms with Crippen LogP contribution in [-0.4, -0.2) is 40.7 Å². The minimum atomic E-state index is -1.23. The first-order valence-corrected chi connectivity index (χ1v) is 4.77. The average Bonchev–Trinajstić information content (AvgIpc) is 2.27. The fourth-order valence-electron chi connectivity index (χ4n) is 1.04. The Morgan fingerprint density at radius 1 is 1.69 bits per heavy atom. The van der Waals surface area contributed by atoms with Crippen LogP contribution in [0.3, 0.4) is 0 Å². The standard InChI is InChI=1S/C9H15N5O2/c1-5-3-13-9(11-2)14-8(5)12-4-6(15)7(10)16/h3,6,15H,4H2,1-2H3,(H2,10,16)(H2,11,12,13,14). The zero-order chi connectivity index (χ0) is 12.1. The van der Waals surface area contributed by atoms with Gasteiger partial charge in [0.2, 0.25) is 11.9 Å². The molecule has 1 atom stereocenters. The summed E-state index contributed by atoms with van der Waals surface area (Å²) in [5.74, 6) is 0.245. The van der Waals surface area contributed by atoms with Gasteiger partial charge in [0.15, 0.2) is 0 Å². The zero-order valence-electron chi connectivity index (χ0n) is 9.19. The van der Waals surface area contributed by atoms with E-state index in [1.54, 1.807) is 13.2 Å². The predicted octanol–water partition coefficient (Wildman–Crippen LogP) is -0.915. The SMILES string of the molecule is CNc1ncc(C)c(NCC(O)C(N)=O)n1. The number of amides is 1. The summed E-state index contributed by atoms with van der Waals surface area (Å²) in [6.45, 7) is 1.84. The van der Waals surface area contributed by atoms with Gasteiger partial charge in [-0.15, -0.1) is 0 Å². The fourth-order valence-corrected chi connectivity index (χ4v) is 1.04. The number of anilines is 2. The lowest BCUT2D eigenvalue weighted by Crippen LogP contribution is -2.34. The number of hydrogen-bond acceptors (Lipinski definition) is 6. The lowest BCUT2D eigenvalue weighted by Gasteiger charge is -2.11. The molecule has 1 aromatic heterocycles. The molecule has 1 heterocycles. The Morgan fingerprint density at radius 2 is 2.38 bits per heavy atom. The zero-order valence-corrected chi connectivity index (χ0v) is 9.19. The maximum absolute atomic E-state index is 10.6. The molecule has 0 fully saturated rings. The molecule has 0 saturated carbocycles. The van der Waals surface area contributed by atoms with Crippen LogP contribution < -0.4 is 16.4 Å². The number of rotatable bonds is 5. The summed E-state index contributed by atoms with van der Waals surface area (Å²) < 4.78 is 0. The molecule has 0 aliphatic carbocycles. The Kier molecular flexibility index (Phi) is 4.01. The number of hydrogen-bond donors (Lipinski definition) is 4. The summed E-state index contributed by atoms with van der Waals surface area (Å²) >= 11 is 0. The molecule has 0 spiro atoms. The van der Waals surface area contributed by atoms with Crippen LogP contribution in [0.5, 0.6) is 0 Å². The van der Waals surface area contributed by atoms with Crippen LogP contribution in [0.1, 0.15) is 5.56 Å². The number of nitrogens with one attached hydrogen (secondary N) is 2. The summed E-state index contributed by atoms with van der Waals surface area (Å²) in [7, 11) is 1.70. The van der Waals surface area contributed by atoms with Gasteiger partial charge in [-0.1, -0.05) is 0 Å². The molecule has 0 aliphatic rings. The number of aryl methyl sites for hydroxylation is 1. The van der Waals surface area contributed by atoms with Crippen molar-refractivity contribution >= 4 is 17.7 Å². The molecule has 5 N–H and O–H groups in total. The van der Waals surface area contributed by atoms with E-state index in [9.17, 15) is 9.90 Å². The highest BCUT2D eigenvalue weighted by molar-refractivity contribution is 5.79. The smallest absolute Gasteiger partial charge is 0.248 e. The second-order valence-electron chi connectivity index (χ2n) is 3.27. The minimum absolute atomic E-state index is 0.0241. The van der Waals surface area contributed by atoms with E-state index < -0.39 is 12.0 Å². The number of carbonyl (C=O) groups excluding carboxylic acids is 1. The van der Waals surface area contributed by atoms with Gasteiger partial charge in [0.1, 0.15) is 11.9 Å². The second kappa shape index (κ2) is 5.26. The van der Waals surface area contributed by atoms with Gasteiger partial charge in [-0.25, -0.2) is 4.98 Å². The normalized spacial score (nSPS) is 11.9. The fraction of sp³-hybridized carbons (Fsp3) is 0.444. The van der Waals surface area contributed by atoms with Gasteiger partial charge >= 0.3 is 0 Å².